The Labute approximate surface area is 196 Å². The number of carbonyl (C=O) groups excluding carboxylic acids is 1. The summed E-state index contributed by atoms with van der Waals surface area (Å²) in [6.45, 7) is 7.66. The van der Waals surface area contributed by atoms with E-state index in [1.165, 1.54) is 25.2 Å². The zero-order valence-electron chi connectivity index (χ0n) is 20.5. The molecule has 5 nitrogen and oxygen atoms in total. The van der Waals surface area contributed by atoms with Gasteiger partial charge in [0.05, 0.1) is 29.3 Å². The van der Waals surface area contributed by atoms with Crippen LogP contribution in [0.15, 0.2) is 34.5 Å². The third-order valence-electron chi connectivity index (χ3n) is 7.71. The number of azo groups is 1. The number of likely N-dealkylation sites (tertiary alicyclic amines) is 1. The van der Waals surface area contributed by atoms with Crippen molar-refractivity contribution in [1.29, 1.82) is 0 Å². The summed E-state index contributed by atoms with van der Waals surface area (Å²) in [5, 5.41) is 7.83. The molecule has 33 heavy (non-hydrogen) atoms. The number of hydrogen-bond acceptors (Lipinski definition) is 4. The fraction of sp³-hybridized carbons (Fsp3) is 0.654. The number of hydrogen-bond donors (Lipinski definition) is 0. The molecule has 4 atom stereocenters. The van der Waals surface area contributed by atoms with Gasteiger partial charge in [-0.3, -0.25) is 4.79 Å². The predicted octanol–water partition coefficient (Wildman–Crippen LogP) is 6.10. The molecule has 1 aromatic carbocycles. The first-order chi connectivity index (χ1) is 15.7. The first-order valence-electron chi connectivity index (χ1n) is 12.0. The van der Waals surface area contributed by atoms with Crippen LogP contribution in [0.3, 0.4) is 0 Å². The van der Waals surface area contributed by atoms with Crippen LogP contribution in [0.5, 0.6) is 0 Å². The summed E-state index contributed by atoms with van der Waals surface area (Å²) in [6.07, 6.45) is 6.27. The second kappa shape index (κ2) is 10.9. The number of nitrogens with zero attached hydrogens (tertiary/aromatic N) is 3. The van der Waals surface area contributed by atoms with Gasteiger partial charge in [-0.2, -0.15) is 10.2 Å². The third-order valence-corrected chi connectivity index (χ3v) is 7.71. The van der Waals surface area contributed by atoms with E-state index in [9.17, 15) is 13.6 Å². The van der Waals surface area contributed by atoms with Gasteiger partial charge in [0.2, 0.25) is 5.91 Å². The van der Waals surface area contributed by atoms with Gasteiger partial charge in [0.25, 0.3) is 0 Å². The van der Waals surface area contributed by atoms with Gasteiger partial charge in [0.1, 0.15) is 11.6 Å². The van der Waals surface area contributed by atoms with Crippen molar-refractivity contribution in [3.05, 3.63) is 41.5 Å². The van der Waals surface area contributed by atoms with Crippen molar-refractivity contribution in [3.63, 3.8) is 0 Å². The summed E-state index contributed by atoms with van der Waals surface area (Å²) in [5.41, 5.74) is -0.369. The molecule has 1 aliphatic carbocycles. The third kappa shape index (κ3) is 5.18. The minimum atomic E-state index is -0.655. The summed E-state index contributed by atoms with van der Waals surface area (Å²) in [5.74, 6) is -0.657. The zero-order valence-corrected chi connectivity index (χ0v) is 20.5. The van der Waals surface area contributed by atoms with Crippen LogP contribution in [0, 0.1) is 34.8 Å². The Balaban J connectivity index is 1.85. The lowest BCUT2D eigenvalue weighted by Crippen LogP contribution is -2.48. The lowest BCUT2D eigenvalue weighted by atomic mass is 9.72. The topological polar surface area (TPSA) is 54.3 Å². The van der Waals surface area contributed by atoms with Gasteiger partial charge in [0.15, 0.2) is 0 Å². The molecule has 1 aliphatic heterocycles. The summed E-state index contributed by atoms with van der Waals surface area (Å²) >= 11 is 0. The van der Waals surface area contributed by atoms with E-state index in [1.54, 1.807) is 7.11 Å². The van der Waals surface area contributed by atoms with Crippen molar-refractivity contribution in [2.75, 3.05) is 27.3 Å². The van der Waals surface area contributed by atoms with E-state index in [4.69, 9.17) is 4.74 Å². The molecular formula is C26H37F2N3O2. The molecule has 2 fully saturated rings. The predicted molar refractivity (Wildman–Crippen MR) is 126 cm³/mol. The van der Waals surface area contributed by atoms with E-state index >= 15 is 0 Å². The largest absolute Gasteiger partial charge is 0.383 e. The second-order valence-electron chi connectivity index (χ2n) is 9.87. The highest BCUT2D eigenvalue weighted by atomic mass is 19.1. The Hall–Kier alpha value is -2.15. The fourth-order valence-electron chi connectivity index (χ4n) is 5.69. The van der Waals surface area contributed by atoms with Crippen LogP contribution >= 0.6 is 0 Å². The number of amides is 1. The highest BCUT2D eigenvalue weighted by Crippen LogP contribution is 2.51. The van der Waals surface area contributed by atoms with Crippen LogP contribution in [0.2, 0.25) is 0 Å². The highest BCUT2D eigenvalue weighted by molar-refractivity contribution is 5.84. The fourth-order valence-corrected chi connectivity index (χ4v) is 5.69. The average Bonchev–Trinajstić information content (AvgIpc) is 3.42. The molecule has 0 spiro atoms. The maximum Gasteiger partial charge on any atom is 0.229 e. The lowest BCUT2D eigenvalue weighted by molar-refractivity contribution is -0.146. The first kappa shape index (κ1) is 25.5. The molecule has 1 saturated carbocycles. The number of halogens is 2. The summed E-state index contributed by atoms with van der Waals surface area (Å²) in [7, 11) is 3.17. The Bertz CT molecular complexity index is 881. The van der Waals surface area contributed by atoms with Gasteiger partial charge in [-0.1, -0.05) is 32.9 Å². The number of rotatable bonds is 8. The standard InChI is InChI=1S/C26H37F2N3O2/c1-17(2)26(25(32)31-13-7-8-20(31)16-33-5)12-11-19(15-26)18(3)14-23(30-29-4)24-21(27)9-6-10-22(24)28/h6,9-10,14,17-20H,7-8,11-13,15-16H2,1-5H3/b23-14-,30-29?/t18?,19-,20-,26+/m0/s1. The summed E-state index contributed by atoms with van der Waals surface area (Å²) in [4.78, 5) is 15.9. The molecule has 0 N–H and O–H groups in total. The van der Waals surface area contributed by atoms with Crippen LogP contribution < -0.4 is 0 Å². The van der Waals surface area contributed by atoms with Gasteiger partial charge in [-0.15, -0.1) is 0 Å². The van der Waals surface area contributed by atoms with E-state index in [2.05, 4.69) is 24.1 Å². The van der Waals surface area contributed by atoms with Crippen molar-refractivity contribution >= 4 is 11.6 Å². The van der Waals surface area contributed by atoms with Crippen LogP contribution in [-0.4, -0.2) is 44.2 Å². The SMILES string of the molecule is CN=N/C(=C\C(C)[C@H]1CC[C@](C(=O)N2CCC[C@H]2COC)(C(C)C)C1)c1c(F)cccc1F. The molecule has 1 unspecified atom stereocenters. The van der Waals surface area contributed by atoms with Gasteiger partial charge in [-0.25, -0.2) is 8.78 Å². The van der Waals surface area contributed by atoms with Crippen molar-refractivity contribution in [1.82, 2.24) is 4.90 Å². The van der Waals surface area contributed by atoms with Crippen LogP contribution in [0.1, 0.15) is 58.4 Å². The van der Waals surface area contributed by atoms with Crippen molar-refractivity contribution in [2.24, 2.45) is 33.4 Å². The average molecular weight is 462 g/mol. The molecule has 1 aromatic rings. The number of methoxy groups -OCH3 is 1. The highest BCUT2D eigenvalue weighted by Gasteiger charge is 2.51. The molecule has 0 aromatic heterocycles. The second-order valence-corrected chi connectivity index (χ2v) is 9.87. The smallest absolute Gasteiger partial charge is 0.229 e. The molecule has 1 amide bonds. The van der Waals surface area contributed by atoms with E-state index in [0.717, 1.165) is 38.6 Å². The van der Waals surface area contributed by atoms with Gasteiger partial charge >= 0.3 is 0 Å². The molecule has 2 aliphatic rings. The summed E-state index contributed by atoms with van der Waals surface area (Å²) < 4.78 is 34.2. The van der Waals surface area contributed by atoms with Crippen molar-refractivity contribution in [2.45, 2.75) is 58.9 Å². The molecule has 3 rings (SSSR count). The Morgan fingerprint density at radius 1 is 1.27 bits per heavy atom. The molecule has 1 saturated heterocycles. The quantitative estimate of drug-likeness (QED) is 0.439. The number of benzene rings is 1. The molecular weight excluding hydrogens is 424 g/mol. The molecule has 0 bridgehead atoms. The minimum absolute atomic E-state index is 0.00807. The number of allylic oxidation sites excluding steroid dienone is 1. The molecule has 0 radical (unpaired) electrons. The van der Waals surface area contributed by atoms with E-state index in [0.29, 0.717) is 6.61 Å². The van der Waals surface area contributed by atoms with Crippen LogP contribution in [-0.2, 0) is 9.53 Å². The van der Waals surface area contributed by atoms with Gasteiger partial charge in [0, 0.05) is 20.7 Å². The van der Waals surface area contributed by atoms with Gasteiger partial charge in [-0.05, 0) is 62.0 Å². The monoisotopic (exact) mass is 461 g/mol. The normalized spacial score (nSPS) is 27.2. The summed E-state index contributed by atoms with van der Waals surface area (Å²) in [6, 6.07) is 3.95. The van der Waals surface area contributed by atoms with E-state index < -0.39 is 17.0 Å². The van der Waals surface area contributed by atoms with Crippen molar-refractivity contribution < 1.29 is 18.3 Å². The van der Waals surface area contributed by atoms with Crippen molar-refractivity contribution in [3.8, 4) is 0 Å². The molecule has 182 valence electrons. The van der Waals surface area contributed by atoms with Crippen LogP contribution in [0.25, 0.3) is 5.70 Å². The van der Waals surface area contributed by atoms with E-state index in [-0.39, 0.29) is 41.0 Å². The van der Waals surface area contributed by atoms with E-state index in [1.807, 2.05) is 17.9 Å². The Kier molecular flexibility index (Phi) is 8.38. The minimum Gasteiger partial charge on any atom is -0.383 e. The zero-order chi connectivity index (χ0) is 24.2. The Morgan fingerprint density at radius 2 is 1.97 bits per heavy atom. The first-order valence-corrected chi connectivity index (χ1v) is 12.0. The molecule has 1 heterocycles. The number of ether oxygens (including phenoxy) is 1. The maximum absolute atomic E-state index is 14.4. The molecule has 7 heteroatoms. The van der Waals surface area contributed by atoms with Gasteiger partial charge < -0.3 is 9.64 Å². The maximum atomic E-state index is 14.4. The Morgan fingerprint density at radius 3 is 2.58 bits per heavy atom. The lowest BCUT2D eigenvalue weighted by Gasteiger charge is -2.38. The number of carbonyl (C=O) groups is 1. The van der Waals surface area contributed by atoms with Crippen LogP contribution in [0.4, 0.5) is 8.78 Å².